The molecule has 0 amide bonds. The van der Waals surface area contributed by atoms with Crippen molar-refractivity contribution in [2.24, 2.45) is 0 Å². The van der Waals surface area contributed by atoms with Gasteiger partial charge in [0, 0.05) is 6.42 Å². The van der Waals surface area contributed by atoms with Crippen molar-refractivity contribution in [2.75, 3.05) is 0 Å². The highest BCUT2D eigenvalue weighted by atomic mass is 14.9. The zero-order valence-electron chi connectivity index (χ0n) is 13.7. The Morgan fingerprint density at radius 1 is 1.05 bits per heavy atom. The molecule has 0 aliphatic carbocycles. The summed E-state index contributed by atoms with van der Waals surface area (Å²) in [6, 6.07) is 13.1. The van der Waals surface area contributed by atoms with Crippen molar-refractivity contribution in [3.05, 3.63) is 64.5 Å². The van der Waals surface area contributed by atoms with Gasteiger partial charge in [0.05, 0.1) is 11.0 Å². The molecular formula is C20H24N2. The van der Waals surface area contributed by atoms with Crippen LogP contribution in [0, 0.1) is 13.8 Å². The van der Waals surface area contributed by atoms with Crippen molar-refractivity contribution in [1.29, 1.82) is 0 Å². The van der Waals surface area contributed by atoms with E-state index in [1.807, 2.05) is 0 Å². The fourth-order valence-corrected chi connectivity index (χ4v) is 2.98. The first-order valence-electron chi connectivity index (χ1n) is 8.20. The van der Waals surface area contributed by atoms with E-state index in [0.29, 0.717) is 0 Å². The van der Waals surface area contributed by atoms with Gasteiger partial charge in [-0.05, 0) is 67.5 Å². The molecule has 0 saturated heterocycles. The molecule has 0 fully saturated rings. The Morgan fingerprint density at radius 2 is 1.91 bits per heavy atom. The van der Waals surface area contributed by atoms with Gasteiger partial charge < -0.3 is 4.98 Å². The number of aromatic nitrogens is 2. The van der Waals surface area contributed by atoms with E-state index in [4.69, 9.17) is 4.98 Å². The summed E-state index contributed by atoms with van der Waals surface area (Å²) in [6.07, 6.45) is 4.32. The summed E-state index contributed by atoms with van der Waals surface area (Å²) in [7, 11) is 0. The van der Waals surface area contributed by atoms with Gasteiger partial charge in [0.2, 0.25) is 0 Å². The van der Waals surface area contributed by atoms with Gasteiger partial charge in [-0.25, -0.2) is 4.98 Å². The normalized spacial score (nSPS) is 11.2. The number of nitrogens with zero attached hydrogens (tertiary/aromatic N) is 1. The van der Waals surface area contributed by atoms with Crippen LogP contribution in [0.15, 0.2) is 36.4 Å². The molecule has 3 rings (SSSR count). The van der Waals surface area contributed by atoms with Crippen LogP contribution in [0.4, 0.5) is 0 Å². The number of hydrogen-bond donors (Lipinski definition) is 1. The second kappa shape index (κ2) is 6.35. The number of aryl methyl sites for hydroxylation is 4. The van der Waals surface area contributed by atoms with Gasteiger partial charge in [-0.3, -0.25) is 0 Å². The van der Waals surface area contributed by atoms with Gasteiger partial charge in [0.15, 0.2) is 0 Å². The number of imidazole rings is 1. The Hall–Kier alpha value is -2.09. The number of benzene rings is 2. The summed E-state index contributed by atoms with van der Waals surface area (Å²) < 4.78 is 0. The Bertz CT molecular complexity index is 784. The van der Waals surface area contributed by atoms with Gasteiger partial charge in [-0.15, -0.1) is 0 Å². The second-order valence-corrected chi connectivity index (χ2v) is 6.10. The van der Waals surface area contributed by atoms with Gasteiger partial charge in [-0.2, -0.15) is 0 Å². The van der Waals surface area contributed by atoms with E-state index in [1.54, 1.807) is 0 Å². The minimum Gasteiger partial charge on any atom is -0.342 e. The van der Waals surface area contributed by atoms with Gasteiger partial charge >= 0.3 is 0 Å². The van der Waals surface area contributed by atoms with Crippen molar-refractivity contribution in [3.63, 3.8) is 0 Å². The topological polar surface area (TPSA) is 28.7 Å². The lowest BCUT2D eigenvalue weighted by Gasteiger charge is -2.07. The van der Waals surface area contributed by atoms with Crippen LogP contribution in [-0.4, -0.2) is 9.97 Å². The van der Waals surface area contributed by atoms with Crippen LogP contribution < -0.4 is 0 Å². The SMILES string of the molecule is CCc1ccc2nc(CCCc3cccc(C)c3C)[nH]c2c1. The number of rotatable bonds is 5. The summed E-state index contributed by atoms with van der Waals surface area (Å²) in [4.78, 5) is 8.18. The number of fused-ring (bicyclic) bond motifs is 1. The van der Waals surface area contributed by atoms with Crippen molar-refractivity contribution in [2.45, 2.75) is 46.5 Å². The minimum atomic E-state index is 1.00. The number of aromatic amines is 1. The predicted octanol–water partition coefficient (Wildman–Crippen LogP) is 4.92. The number of H-pyrrole nitrogens is 1. The van der Waals surface area contributed by atoms with Crippen molar-refractivity contribution in [1.82, 2.24) is 9.97 Å². The largest absolute Gasteiger partial charge is 0.342 e. The van der Waals surface area contributed by atoms with Crippen LogP contribution in [0.25, 0.3) is 11.0 Å². The fraction of sp³-hybridized carbons (Fsp3) is 0.350. The highest BCUT2D eigenvalue weighted by Gasteiger charge is 2.05. The van der Waals surface area contributed by atoms with Crippen LogP contribution in [0.5, 0.6) is 0 Å². The molecular weight excluding hydrogens is 268 g/mol. The molecule has 0 spiro atoms. The Labute approximate surface area is 132 Å². The maximum Gasteiger partial charge on any atom is 0.107 e. The van der Waals surface area contributed by atoms with Crippen LogP contribution in [0.2, 0.25) is 0 Å². The Balaban J connectivity index is 1.67. The van der Waals surface area contributed by atoms with Crippen molar-refractivity contribution >= 4 is 11.0 Å². The van der Waals surface area contributed by atoms with E-state index in [9.17, 15) is 0 Å². The predicted molar refractivity (Wildman–Crippen MR) is 93.4 cm³/mol. The smallest absolute Gasteiger partial charge is 0.107 e. The Kier molecular flexibility index (Phi) is 4.28. The molecule has 0 aliphatic heterocycles. The monoisotopic (exact) mass is 292 g/mol. The third-order valence-corrected chi connectivity index (χ3v) is 4.58. The molecule has 0 atom stereocenters. The van der Waals surface area contributed by atoms with E-state index in [-0.39, 0.29) is 0 Å². The fourth-order valence-electron chi connectivity index (χ4n) is 2.98. The van der Waals surface area contributed by atoms with Gasteiger partial charge in [0.25, 0.3) is 0 Å². The van der Waals surface area contributed by atoms with Gasteiger partial charge in [-0.1, -0.05) is 31.2 Å². The molecule has 0 saturated carbocycles. The first-order valence-corrected chi connectivity index (χ1v) is 8.20. The molecule has 2 heteroatoms. The first kappa shape index (κ1) is 14.8. The third-order valence-electron chi connectivity index (χ3n) is 4.58. The summed E-state index contributed by atoms with van der Waals surface area (Å²) in [5.41, 5.74) is 7.88. The summed E-state index contributed by atoms with van der Waals surface area (Å²) in [5, 5.41) is 0. The van der Waals surface area contributed by atoms with Crippen LogP contribution in [-0.2, 0) is 19.3 Å². The standard InChI is InChI=1S/C20H24N2/c1-4-16-11-12-18-19(13-16)22-20(21-18)10-6-9-17-8-5-7-14(2)15(17)3/h5,7-8,11-13H,4,6,9-10H2,1-3H3,(H,21,22). The van der Waals surface area contributed by atoms with Gasteiger partial charge in [0.1, 0.15) is 5.82 Å². The van der Waals surface area contributed by atoms with Crippen LogP contribution in [0.1, 0.15) is 41.4 Å². The van der Waals surface area contributed by atoms with E-state index in [0.717, 1.165) is 37.0 Å². The molecule has 22 heavy (non-hydrogen) atoms. The third kappa shape index (κ3) is 3.06. The average Bonchev–Trinajstić information content (AvgIpc) is 2.93. The molecule has 2 aromatic carbocycles. The summed E-state index contributed by atoms with van der Waals surface area (Å²) in [6.45, 7) is 6.59. The highest BCUT2D eigenvalue weighted by Crippen LogP contribution is 2.17. The highest BCUT2D eigenvalue weighted by molar-refractivity contribution is 5.75. The number of hydrogen-bond acceptors (Lipinski definition) is 1. The zero-order valence-corrected chi connectivity index (χ0v) is 13.7. The Morgan fingerprint density at radius 3 is 2.73 bits per heavy atom. The van der Waals surface area contributed by atoms with Crippen LogP contribution >= 0.6 is 0 Å². The second-order valence-electron chi connectivity index (χ2n) is 6.10. The first-order chi connectivity index (χ1) is 10.7. The minimum absolute atomic E-state index is 1.00. The summed E-state index contributed by atoms with van der Waals surface area (Å²) in [5.74, 6) is 1.11. The molecule has 0 unspecified atom stereocenters. The van der Waals surface area contributed by atoms with E-state index < -0.39 is 0 Å². The lowest BCUT2D eigenvalue weighted by atomic mass is 9.99. The lowest BCUT2D eigenvalue weighted by molar-refractivity contribution is 0.781. The molecule has 3 aromatic rings. The molecule has 0 bridgehead atoms. The van der Waals surface area contributed by atoms with Crippen molar-refractivity contribution in [3.8, 4) is 0 Å². The average molecular weight is 292 g/mol. The van der Waals surface area contributed by atoms with E-state index in [2.05, 4.69) is 62.2 Å². The zero-order chi connectivity index (χ0) is 15.5. The van der Waals surface area contributed by atoms with Crippen LogP contribution in [0.3, 0.4) is 0 Å². The molecule has 0 radical (unpaired) electrons. The summed E-state index contributed by atoms with van der Waals surface area (Å²) >= 11 is 0. The molecule has 114 valence electrons. The molecule has 1 aromatic heterocycles. The molecule has 1 heterocycles. The number of nitrogens with one attached hydrogen (secondary N) is 1. The van der Waals surface area contributed by atoms with E-state index in [1.165, 1.54) is 27.8 Å². The maximum absolute atomic E-state index is 4.70. The molecule has 2 nitrogen and oxygen atoms in total. The molecule has 0 aliphatic rings. The lowest BCUT2D eigenvalue weighted by Crippen LogP contribution is -1.95. The van der Waals surface area contributed by atoms with Crippen molar-refractivity contribution < 1.29 is 0 Å². The quantitative estimate of drug-likeness (QED) is 0.710. The maximum atomic E-state index is 4.70. The molecule has 1 N–H and O–H groups in total. The van der Waals surface area contributed by atoms with E-state index >= 15 is 0 Å².